The summed E-state index contributed by atoms with van der Waals surface area (Å²) >= 11 is 1.88. The predicted octanol–water partition coefficient (Wildman–Crippen LogP) is 4.45. The molecule has 2 aromatic rings. The third kappa shape index (κ3) is 3.48. The normalized spacial score (nSPS) is 19.7. The van der Waals surface area contributed by atoms with Gasteiger partial charge in [0.1, 0.15) is 5.82 Å². The van der Waals surface area contributed by atoms with Crippen molar-refractivity contribution in [3.8, 4) is 0 Å². The van der Waals surface area contributed by atoms with Crippen LogP contribution in [0.1, 0.15) is 65.5 Å². The van der Waals surface area contributed by atoms with Crippen LogP contribution in [0.3, 0.4) is 0 Å². The fraction of sp³-hybridized carbons (Fsp3) is 0.579. The Labute approximate surface area is 142 Å². The van der Waals surface area contributed by atoms with Crippen LogP contribution in [0.4, 0.5) is 0 Å². The molecule has 0 amide bonds. The molecular formula is C19H25N3S. The van der Waals surface area contributed by atoms with Gasteiger partial charge in [-0.3, -0.25) is 4.90 Å². The molecule has 0 atom stereocenters. The average Bonchev–Trinajstić information content (AvgIpc) is 3.00. The SMILES string of the molecule is Cc1csc(CN2CCc3cnc(C4CCCCC4)nc3C2)c1. The largest absolute Gasteiger partial charge is 0.292 e. The molecule has 23 heavy (non-hydrogen) atoms. The van der Waals surface area contributed by atoms with Crippen molar-refractivity contribution in [2.45, 2.75) is 64.5 Å². The summed E-state index contributed by atoms with van der Waals surface area (Å²) in [5.74, 6) is 1.71. The minimum Gasteiger partial charge on any atom is -0.292 e. The van der Waals surface area contributed by atoms with Crippen LogP contribution in [0.5, 0.6) is 0 Å². The second-order valence-electron chi connectivity index (χ2n) is 7.09. The first kappa shape index (κ1) is 15.3. The van der Waals surface area contributed by atoms with Gasteiger partial charge in [0.15, 0.2) is 0 Å². The average molecular weight is 327 g/mol. The first-order chi connectivity index (χ1) is 11.3. The van der Waals surface area contributed by atoms with E-state index in [-0.39, 0.29) is 0 Å². The molecule has 122 valence electrons. The lowest BCUT2D eigenvalue weighted by molar-refractivity contribution is 0.242. The highest BCUT2D eigenvalue weighted by molar-refractivity contribution is 7.10. The molecule has 1 aliphatic carbocycles. The first-order valence-corrected chi connectivity index (χ1v) is 9.77. The molecule has 1 aliphatic heterocycles. The molecule has 0 saturated heterocycles. The predicted molar refractivity (Wildman–Crippen MR) is 94.7 cm³/mol. The smallest absolute Gasteiger partial charge is 0.131 e. The molecule has 0 unspecified atom stereocenters. The molecular weight excluding hydrogens is 302 g/mol. The van der Waals surface area contributed by atoms with Crippen LogP contribution in [0.15, 0.2) is 17.6 Å². The highest BCUT2D eigenvalue weighted by atomic mass is 32.1. The number of thiophene rings is 1. The fourth-order valence-corrected chi connectivity index (χ4v) is 4.78. The van der Waals surface area contributed by atoms with Crippen molar-refractivity contribution in [2.75, 3.05) is 6.54 Å². The lowest BCUT2D eigenvalue weighted by atomic mass is 9.88. The molecule has 3 nitrogen and oxygen atoms in total. The van der Waals surface area contributed by atoms with Gasteiger partial charge >= 0.3 is 0 Å². The lowest BCUT2D eigenvalue weighted by Gasteiger charge is -2.28. The van der Waals surface area contributed by atoms with E-state index in [0.717, 1.165) is 31.9 Å². The Morgan fingerprint density at radius 1 is 1.26 bits per heavy atom. The molecule has 1 saturated carbocycles. The second kappa shape index (κ2) is 6.70. The van der Waals surface area contributed by atoms with Crippen molar-refractivity contribution < 1.29 is 0 Å². The Hall–Kier alpha value is -1.26. The van der Waals surface area contributed by atoms with Crippen LogP contribution in [-0.4, -0.2) is 21.4 Å². The molecule has 2 aliphatic rings. The quantitative estimate of drug-likeness (QED) is 0.834. The monoisotopic (exact) mass is 327 g/mol. The van der Waals surface area contributed by atoms with E-state index in [1.54, 1.807) is 0 Å². The molecule has 0 bridgehead atoms. The summed E-state index contributed by atoms with van der Waals surface area (Å²) in [6, 6.07) is 2.31. The Balaban J connectivity index is 1.48. The standard InChI is InChI=1S/C19H25N3S/c1-14-9-17(23-13-14)11-22-8-7-16-10-20-19(21-18(16)12-22)15-5-3-2-4-6-15/h9-10,13,15H,2-8,11-12H2,1H3. The van der Waals surface area contributed by atoms with Gasteiger partial charge in [-0.1, -0.05) is 19.3 Å². The summed E-state index contributed by atoms with van der Waals surface area (Å²) in [7, 11) is 0. The van der Waals surface area contributed by atoms with Crippen molar-refractivity contribution >= 4 is 11.3 Å². The minimum absolute atomic E-state index is 0.601. The van der Waals surface area contributed by atoms with Crippen LogP contribution in [0, 0.1) is 6.92 Å². The van der Waals surface area contributed by atoms with Gasteiger partial charge in [-0.05, 0) is 48.8 Å². The first-order valence-electron chi connectivity index (χ1n) is 8.89. The Kier molecular flexibility index (Phi) is 4.45. The maximum atomic E-state index is 4.98. The van der Waals surface area contributed by atoms with E-state index in [2.05, 4.69) is 29.5 Å². The molecule has 0 aromatic carbocycles. The van der Waals surface area contributed by atoms with Crippen molar-refractivity contribution in [1.29, 1.82) is 0 Å². The number of aryl methyl sites for hydroxylation is 1. The summed E-state index contributed by atoms with van der Waals surface area (Å²) in [5.41, 5.74) is 4.02. The number of hydrogen-bond donors (Lipinski definition) is 0. The molecule has 4 heteroatoms. The zero-order valence-electron chi connectivity index (χ0n) is 13.9. The molecule has 0 N–H and O–H groups in total. The van der Waals surface area contributed by atoms with E-state index < -0.39 is 0 Å². The van der Waals surface area contributed by atoms with E-state index in [1.165, 1.54) is 53.8 Å². The highest BCUT2D eigenvalue weighted by Crippen LogP contribution is 2.31. The summed E-state index contributed by atoms with van der Waals surface area (Å²) in [6.07, 6.45) is 9.82. The van der Waals surface area contributed by atoms with E-state index in [0.29, 0.717) is 5.92 Å². The van der Waals surface area contributed by atoms with Gasteiger partial charge in [-0.2, -0.15) is 0 Å². The number of fused-ring (bicyclic) bond motifs is 1. The zero-order valence-corrected chi connectivity index (χ0v) is 14.7. The van der Waals surface area contributed by atoms with Crippen molar-refractivity contribution in [3.05, 3.63) is 45.2 Å². The third-order valence-corrected chi connectivity index (χ3v) is 6.22. The highest BCUT2D eigenvalue weighted by Gasteiger charge is 2.23. The Bertz CT molecular complexity index is 673. The molecule has 0 radical (unpaired) electrons. The van der Waals surface area contributed by atoms with E-state index in [9.17, 15) is 0 Å². The van der Waals surface area contributed by atoms with Gasteiger partial charge < -0.3 is 0 Å². The summed E-state index contributed by atoms with van der Waals surface area (Å²) < 4.78 is 0. The van der Waals surface area contributed by atoms with Gasteiger partial charge in [0.05, 0.1) is 5.69 Å². The zero-order chi connectivity index (χ0) is 15.6. The molecule has 0 spiro atoms. The van der Waals surface area contributed by atoms with Gasteiger partial charge in [0.25, 0.3) is 0 Å². The number of hydrogen-bond acceptors (Lipinski definition) is 4. The molecule has 4 rings (SSSR count). The second-order valence-corrected chi connectivity index (χ2v) is 8.08. The Morgan fingerprint density at radius 2 is 2.13 bits per heavy atom. The van der Waals surface area contributed by atoms with Gasteiger partial charge in [0.2, 0.25) is 0 Å². The van der Waals surface area contributed by atoms with Crippen LogP contribution >= 0.6 is 11.3 Å². The topological polar surface area (TPSA) is 29.0 Å². The minimum atomic E-state index is 0.601. The van der Waals surface area contributed by atoms with Crippen LogP contribution in [-0.2, 0) is 19.5 Å². The lowest BCUT2D eigenvalue weighted by Crippen LogP contribution is -2.31. The van der Waals surface area contributed by atoms with Crippen molar-refractivity contribution in [1.82, 2.24) is 14.9 Å². The Morgan fingerprint density at radius 3 is 2.91 bits per heavy atom. The van der Waals surface area contributed by atoms with E-state index in [4.69, 9.17) is 9.97 Å². The summed E-state index contributed by atoms with van der Waals surface area (Å²) in [5, 5.41) is 2.25. The maximum Gasteiger partial charge on any atom is 0.131 e. The van der Waals surface area contributed by atoms with Crippen LogP contribution in [0.2, 0.25) is 0 Å². The fourth-order valence-electron chi connectivity index (χ4n) is 3.86. The van der Waals surface area contributed by atoms with E-state index in [1.807, 2.05) is 11.3 Å². The van der Waals surface area contributed by atoms with Crippen molar-refractivity contribution in [3.63, 3.8) is 0 Å². The van der Waals surface area contributed by atoms with E-state index >= 15 is 0 Å². The molecule has 2 aromatic heterocycles. The molecule has 3 heterocycles. The third-order valence-electron chi connectivity index (χ3n) is 5.18. The maximum absolute atomic E-state index is 4.98. The van der Waals surface area contributed by atoms with Gasteiger partial charge in [-0.15, -0.1) is 11.3 Å². The van der Waals surface area contributed by atoms with Gasteiger partial charge in [-0.25, -0.2) is 9.97 Å². The van der Waals surface area contributed by atoms with Crippen LogP contribution in [0.25, 0.3) is 0 Å². The summed E-state index contributed by atoms with van der Waals surface area (Å²) in [6.45, 7) is 5.33. The number of aromatic nitrogens is 2. The number of nitrogens with zero attached hydrogens (tertiary/aromatic N) is 3. The summed E-state index contributed by atoms with van der Waals surface area (Å²) in [4.78, 5) is 13.7. The number of rotatable bonds is 3. The van der Waals surface area contributed by atoms with Crippen LogP contribution < -0.4 is 0 Å². The van der Waals surface area contributed by atoms with Crippen molar-refractivity contribution in [2.24, 2.45) is 0 Å². The molecule has 1 fully saturated rings. The van der Waals surface area contributed by atoms with Gasteiger partial charge in [0, 0.05) is 36.6 Å².